The minimum atomic E-state index is -0.881. The Bertz CT molecular complexity index is 554. The number of halogens is 1. The molecule has 5 nitrogen and oxygen atoms in total. The Kier molecular flexibility index (Phi) is 4.88. The average molecular weight is 355 g/mol. The van der Waals surface area contributed by atoms with Gasteiger partial charge >= 0.3 is 12.0 Å². The summed E-state index contributed by atoms with van der Waals surface area (Å²) in [5.41, 5.74) is 1.14. The highest BCUT2D eigenvalue weighted by molar-refractivity contribution is 9.10. The number of rotatable bonds is 4. The minimum absolute atomic E-state index is 0.0323. The zero-order valence-corrected chi connectivity index (χ0v) is 13.5. The van der Waals surface area contributed by atoms with Crippen molar-refractivity contribution < 1.29 is 14.7 Å². The Morgan fingerprint density at radius 3 is 2.57 bits per heavy atom. The van der Waals surface area contributed by atoms with Gasteiger partial charge in [0.1, 0.15) is 0 Å². The van der Waals surface area contributed by atoms with Crippen molar-refractivity contribution in [2.24, 2.45) is 0 Å². The number of aryl methyl sites for hydroxylation is 1. The molecule has 2 amide bonds. The van der Waals surface area contributed by atoms with Crippen molar-refractivity contribution in [3.8, 4) is 0 Å². The lowest BCUT2D eigenvalue weighted by Gasteiger charge is -2.28. The largest absolute Gasteiger partial charge is 0.481 e. The lowest BCUT2D eigenvalue weighted by molar-refractivity contribution is -0.138. The van der Waals surface area contributed by atoms with Gasteiger partial charge in [0.25, 0.3) is 0 Å². The Morgan fingerprint density at radius 1 is 1.33 bits per heavy atom. The lowest BCUT2D eigenvalue weighted by Crippen LogP contribution is -2.49. The molecule has 0 unspecified atom stereocenters. The highest BCUT2D eigenvalue weighted by atomic mass is 79.9. The first-order chi connectivity index (χ1) is 9.90. The van der Waals surface area contributed by atoms with E-state index in [4.69, 9.17) is 5.11 Å². The third-order valence-corrected chi connectivity index (χ3v) is 4.46. The van der Waals surface area contributed by atoms with Crippen LogP contribution in [0.15, 0.2) is 22.7 Å². The number of amides is 2. The molecule has 0 spiro atoms. The zero-order valence-electron chi connectivity index (χ0n) is 11.9. The molecule has 1 fully saturated rings. The predicted octanol–water partition coefficient (Wildman–Crippen LogP) is 3.67. The Hall–Kier alpha value is -1.56. The van der Waals surface area contributed by atoms with Crippen LogP contribution in [0.2, 0.25) is 0 Å². The van der Waals surface area contributed by atoms with Crippen molar-refractivity contribution in [2.75, 3.05) is 5.32 Å². The van der Waals surface area contributed by atoms with Crippen LogP contribution < -0.4 is 10.6 Å². The van der Waals surface area contributed by atoms with E-state index in [2.05, 4.69) is 26.6 Å². The molecular formula is C15H19BrN2O3. The van der Waals surface area contributed by atoms with Crippen LogP contribution in [0.5, 0.6) is 0 Å². The van der Waals surface area contributed by atoms with Crippen molar-refractivity contribution in [2.45, 2.75) is 44.6 Å². The Labute approximate surface area is 132 Å². The van der Waals surface area contributed by atoms with Gasteiger partial charge in [0, 0.05) is 4.47 Å². The smallest absolute Gasteiger partial charge is 0.319 e. The predicted molar refractivity (Wildman–Crippen MR) is 84.5 cm³/mol. The maximum atomic E-state index is 12.2. The third-order valence-electron chi connectivity index (χ3n) is 3.80. The molecule has 0 saturated heterocycles. The van der Waals surface area contributed by atoms with Gasteiger partial charge in [-0.05, 0) is 53.4 Å². The molecule has 0 aliphatic heterocycles. The van der Waals surface area contributed by atoms with Crippen LogP contribution in [0.3, 0.4) is 0 Å². The molecule has 1 aliphatic carbocycles. The van der Waals surface area contributed by atoms with Gasteiger partial charge in [-0.2, -0.15) is 0 Å². The number of anilines is 1. The number of nitrogens with one attached hydrogen (secondary N) is 2. The molecule has 1 aromatic rings. The van der Waals surface area contributed by atoms with Gasteiger partial charge < -0.3 is 15.7 Å². The van der Waals surface area contributed by atoms with Gasteiger partial charge in [0.15, 0.2) is 0 Å². The van der Waals surface area contributed by atoms with Crippen molar-refractivity contribution in [3.05, 3.63) is 28.2 Å². The Morgan fingerprint density at radius 2 is 2.00 bits per heavy atom. The van der Waals surface area contributed by atoms with Crippen LogP contribution in [-0.4, -0.2) is 22.6 Å². The van der Waals surface area contributed by atoms with Crippen molar-refractivity contribution in [1.82, 2.24) is 5.32 Å². The van der Waals surface area contributed by atoms with Gasteiger partial charge in [-0.25, -0.2) is 4.79 Å². The monoisotopic (exact) mass is 354 g/mol. The summed E-state index contributed by atoms with van der Waals surface area (Å²) in [6, 6.07) is 5.28. The topological polar surface area (TPSA) is 78.4 Å². The van der Waals surface area contributed by atoms with E-state index < -0.39 is 11.5 Å². The molecule has 0 aromatic heterocycles. The van der Waals surface area contributed by atoms with E-state index >= 15 is 0 Å². The van der Waals surface area contributed by atoms with E-state index in [1.165, 1.54) is 0 Å². The van der Waals surface area contributed by atoms with Crippen LogP contribution in [0.4, 0.5) is 10.5 Å². The summed E-state index contributed by atoms with van der Waals surface area (Å²) >= 11 is 3.41. The number of benzene rings is 1. The molecule has 1 aliphatic rings. The first kappa shape index (κ1) is 15.8. The van der Waals surface area contributed by atoms with Gasteiger partial charge in [-0.15, -0.1) is 0 Å². The maximum Gasteiger partial charge on any atom is 0.319 e. The van der Waals surface area contributed by atoms with E-state index in [-0.39, 0.29) is 12.5 Å². The molecule has 21 heavy (non-hydrogen) atoms. The average Bonchev–Trinajstić information content (AvgIpc) is 2.80. The first-order valence-corrected chi connectivity index (χ1v) is 7.77. The van der Waals surface area contributed by atoms with Crippen LogP contribution in [0.1, 0.15) is 37.7 Å². The molecule has 1 aromatic carbocycles. The molecule has 0 bridgehead atoms. The van der Waals surface area contributed by atoms with Crippen molar-refractivity contribution >= 4 is 33.6 Å². The van der Waals surface area contributed by atoms with Crippen LogP contribution in [-0.2, 0) is 4.79 Å². The number of carboxylic acids is 1. The number of urea groups is 1. The second kappa shape index (κ2) is 6.47. The lowest BCUT2D eigenvalue weighted by atomic mass is 9.93. The summed E-state index contributed by atoms with van der Waals surface area (Å²) in [7, 11) is 0. The minimum Gasteiger partial charge on any atom is -0.481 e. The fraction of sp³-hybridized carbons (Fsp3) is 0.467. The molecular weight excluding hydrogens is 336 g/mol. The van der Waals surface area contributed by atoms with Crippen molar-refractivity contribution in [1.29, 1.82) is 0 Å². The van der Waals surface area contributed by atoms with E-state index in [1.54, 1.807) is 0 Å². The van der Waals surface area contributed by atoms with Gasteiger partial charge in [0.2, 0.25) is 0 Å². The SMILES string of the molecule is Cc1ccc(NC(=O)NC2(CC(=O)O)CCCC2)c(Br)c1. The summed E-state index contributed by atoms with van der Waals surface area (Å²) < 4.78 is 0.802. The summed E-state index contributed by atoms with van der Waals surface area (Å²) in [5, 5.41) is 14.7. The first-order valence-electron chi connectivity index (χ1n) is 6.97. The number of carboxylic acid groups (broad SMARTS) is 1. The molecule has 2 rings (SSSR count). The van der Waals surface area contributed by atoms with E-state index in [1.807, 2.05) is 25.1 Å². The van der Waals surface area contributed by atoms with Gasteiger partial charge in [-0.1, -0.05) is 18.9 Å². The quantitative estimate of drug-likeness (QED) is 0.771. The standard InChI is InChI=1S/C15H19BrN2O3/c1-10-4-5-12(11(16)8-10)17-14(21)18-15(9-13(19)20)6-2-3-7-15/h4-5,8H,2-3,6-7,9H2,1H3,(H,19,20)(H2,17,18,21). The molecule has 0 atom stereocenters. The van der Waals surface area contributed by atoms with Crippen LogP contribution >= 0.6 is 15.9 Å². The van der Waals surface area contributed by atoms with E-state index in [0.29, 0.717) is 18.5 Å². The van der Waals surface area contributed by atoms with E-state index in [0.717, 1.165) is 22.9 Å². The fourth-order valence-corrected chi connectivity index (χ4v) is 3.40. The van der Waals surface area contributed by atoms with Crippen LogP contribution in [0, 0.1) is 6.92 Å². The van der Waals surface area contributed by atoms with Gasteiger partial charge in [0.05, 0.1) is 17.6 Å². The summed E-state index contributed by atoms with van der Waals surface area (Å²) in [4.78, 5) is 23.2. The second-order valence-corrected chi connectivity index (χ2v) is 6.47. The Balaban J connectivity index is 2.04. The maximum absolute atomic E-state index is 12.2. The highest BCUT2D eigenvalue weighted by Crippen LogP contribution is 2.33. The summed E-state index contributed by atoms with van der Waals surface area (Å²) in [6.07, 6.45) is 3.28. The van der Waals surface area contributed by atoms with E-state index in [9.17, 15) is 9.59 Å². The molecule has 6 heteroatoms. The molecule has 114 valence electrons. The molecule has 0 heterocycles. The highest BCUT2D eigenvalue weighted by Gasteiger charge is 2.37. The third kappa shape index (κ3) is 4.20. The number of hydrogen-bond acceptors (Lipinski definition) is 2. The number of hydrogen-bond donors (Lipinski definition) is 3. The summed E-state index contributed by atoms with van der Waals surface area (Å²) in [5.74, 6) is -0.881. The number of carbonyl (C=O) groups is 2. The fourth-order valence-electron chi connectivity index (χ4n) is 2.80. The summed E-state index contributed by atoms with van der Waals surface area (Å²) in [6.45, 7) is 1.97. The van der Waals surface area contributed by atoms with Crippen LogP contribution in [0.25, 0.3) is 0 Å². The molecule has 0 radical (unpaired) electrons. The normalized spacial score (nSPS) is 16.5. The van der Waals surface area contributed by atoms with Gasteiger partial charge in [-0.3, -0.25) is 4.79 Å². The van der Waals surface area contributed by atoms with Crippen molar-refractivity contribution in [3.63, 3.8) is 0 Å². The zero-order chi connectivity index (χ0) is 15.5. The second-order valence-electron chi connectivity index (χ2n) is 5.62. The number of aliphatic carboxylic acids is 1. The number of carbonyl (C=O) groups excluding carboxylic acids is 1. The molecule has 1 saturated carbocycles. The molecule has 3 N–H and O–H groups in total.